The molecule has 0 heterocycles. The van der Waals surface area contributed by atoms with Crippen molar-refractivity contribution in [1.29, 1.82) is 0 Å². The van der Waals surface area contributed by atoms with Gasteiger partial charge in [-0.15, -0.1) is 0 Å². The number of carbonyl (C=O) groups is 3. The van der Waals surface area contributed by atoms with E-state index >= 15 is 0 Å². The molecule has 0 spiro atoms. The van der Waals surface area contributed by atoms with E-state index in [9.17, 15) is 14.4 Å². The van der Waals surface area contributed by atoms with Crippen LogP contribution in [0.2, 0.25) is 0 Å². The number of ether oxygens (including phenoxy) is 3. The zero-order chi connectivity index (χ0) is 57.1. The average molecular weight is 1100 g/mol. The molecule has 452 valence electrons. The van der Waals surface area contributed by atoms with Gasteiger partial charge in [-0.1, -0.05) is 297 Å². The SMILES string of the molecule is CC/C=C\C/C=C\C/C=C\C/C=C\CCC(=O)OCC(COC(=O)CCCCCCCCCCCCCCCCCCCCC/C=C\C/C=C\CCCCCCC)OC(=O)CCCCCCCCC/C=C\C/C=C\C/C=C\CC. The summed E-state index contributed by atoms with van der Waals surface area (Å²) in [4.78, 5) is 38.3. The van der Waals surface area contributed by atoms with Gasteiger partial charge in [-0.25, -0.2) is 0 Å². The molecule has 0 amide bonds. The van der Waals surface area contributed by atoms with Crippen LogP contribution in [-0.2, 0) is 28.6 Å². The van der Waals surface area contributed by atoms with Gasteiger partial charge in [0, 0.05) is 19.3 Å². The van der Waals surface area contributed by atoms with Crippen LogP contribution in [0.15, 0.2) is 109 Å². The molecule has 0 fully saturated rings. The third-order valence-corrected chi connectivity index (χ3v) is 14.3. The summed E-state index contributed by atoms with van der Waals surface area (Å²) in [6, 6.07) is 0. The summed E-state index contributed by atoms with van der Waals surface area (Å²) in [5, 5.41) is 0. The molecule has 0 radical (unpaired) electrons. The first kappa shape index (κ1) is 75.1. The molecular formula is C73H124O6. The predicted octanol–water partition coefficient (Wildman–Crippen LogP) is 23.0. The lowest BCUT2D eigenvalue weighted by Crippen LogP contribution is -2.30. The van der Waals surface area contributed by atoms with Crippen molar-refractivity contribution in [2.45, 2.75) is 322 Å². The number of rotatable bonds is 60. The molecule has 0 aliphatic heterocycles. The Morgan fingerprint density at radius 1 is 0.266 bits per heavy atom. The van der Waals surface area contributed by atoms with Gasteiger partial charge in [0.05, 0.1) is 0 Å². The Morgan fingerprint density at radius 3 is 0.848 bits per heavy atom. The summed E-state index contributed by atoms with van der Waals surface area (Å²) in [6.07, 6.45) is 91.4. The molecule has 6 nitrogen and oxygen atoms in total. The minimum Gasteiger partial charge on any atom is -0.462 e. The topological polar surface area (TPSA) is 78.9 Å². The smallest absolute Gasteiger partial charge is 0.306 e. The quantitative estimate of drug-likeness (QED) is 0.0261. The number of unbranched alkanes of at least 4 members (excludes halogenated alkanes) is 31. The molecule has 0 bridgehead atoms. The van der Waals surface area contributed by atoms with E-state index in [1.54, 1.807) is 0 Å². The summed E-state index contributed by atoms with van der Waals surface area (Å²) in [5.74, 6) is -0.990. The normalized spacial score (nSPS) is 12.8. The number of hydrogen-bond acceptors (Lipinski definition) is 6. The molecule has 0 saturated carbocycles. The van der Waals surface area contributed by atoms with E-state index in [-0.39, 0.29) is 37.5 Å². The third-order valence-electron chi connectivity index (χ3n) is 14.3. The molecule has 0 aliphatic rings. The lowest BCUT2D eigenvalue weighted by atomic mass is 10.0. The molecule has 0 saturated heterocycles. The maximum absolute atomic E-state index is 12.9. The van der Waals surface area contributed by atoms with Crippen LogP contribution in [0, 0.1) is 0 Å². The fourth-order valence-corrected chi connectivity index (χ4v) is 9.33. The first-order chi connectivity index (χ1) is 39.0. The molecule has 6 heteroatoms. The molecule has 1 unspecified atom stereocenters. The Labute approximate surface area is 489 Å². The van der Waals surface area contributed by atoms with Gasteiger partial charge in [-0.3, -0.25) is 14.4 Å². The third kappa shape index (κ3) is 64.8. The van der Waals surface area contributed by atoms with Crippen LogP contribution in [0.25, 0.3) is 0 Å². The fraction of sp³-hybridized carbons (Fsp3) is 0.712. The highest BCUT2D eigenvalue weighted by Crippen LogP contribution is 2.17. The summed E-state index contributed by atoms with van der Waals surface area (Å²) in [5.41, 5.74) is 0. The van der Waals surface area contributed by atoms with Gasteiger partial charge in [-0.2, -0.15) is 0 Å². The first-order valence-electron chi connectivity index (χ1n) is 33.4. The van der Waals surface area contributed by atoms with Gasteiger partial charge in [0.15, 0.2) is 6.10 Å². The standard InChI is InChI=1S/C73H124O6/c1-4-7-10-13-16-19-22-25-27-29-30-31-32-33-34-35-36-37-38-39-40-41-42-44-45-48-51-54-57-60-63-66-72(75)78-69-70(68-77-71(74)65-62-59-56-53-50-47-24-21-18-15-12-9-6-3)79-73(76)67-64-61-58-55-52-49-46-43-28-26-23-20-17-14-11-8-5-2/h8-9,11-12,17-18,20-22,25-26,28-30,47,50,56,59,70H,4-7,10,13-16,19,23-24,27,31-46,48-49,51-55,57-58,60-69H2,1-3H3/b11-8-,12-9-,20-17-,21-18-,25-22-,28-26-,30-29-,50-47-,59-56-. The summed E-state index contributed by atoms with van der Waals surface area (Å²) in [6.45, 7) is 6.35. The number of hydrogen-bond donors (Lipinski definition) is 0. The van der Waals surface area contributed by atoms with Crippen molar-refractivity contribution in [3.63, 3.8) is 0 Å². The van der Waals surface area contributed by atoms with Crippen LogP contribution < -0.4 is 0 Å². The van der Waals surface area contributed by atoms with Crippen LogP contribution in [0.3, 0.4) is 0 Å². The second-order valence-corrected chi connectivity index (χ2v) is 22.0. The minimum atomic E-state index is -0.814. The molecule has 0 aromatic heterocycles. The number of carbonyl (C=O) groups excluding carboxylic acids is 3. The Morgan fingerprint density at radius 2 is 0.519 bits per heavy atom. The van der Waals surface area contributed by atoms with Gasteiger partial charge in [-0.05, 0) is 109 Å². The zero-order valence-electron chi connectivity index (χ0n) is 51.9. The Balaban J connectivity index is 4.23. The van der Waals surface area contributed by atoms with Gasteiger partial charge in [0.1, 0.15) is 13.2 Å². The lowest BCUT2D eigenvalue weighted by molar-refractivity contribution is -0.166. The van der Waals surface area contributed by atoms with E-state index in [4.69, 9.17) is 14.2 Å². The van der Waals surface area contributed by atoms with Crippen molar-refractivity contribution in [2.75, 3.05) is 13.2 Å². The Bertz CT molecular complexity index is 1590. The van der Waals surface area contributed by atoms with E-state index in [0.29, 0.717) is 19.3 Å². The maximum atomic E-state index is 12.9. The molecule has 0 aliphatic carbocycles. The summed E-state index contributed by atoms with van der Waals surface area (Å²) >= 11 is 0. The van der Waals surface area contributed by atoms with Crippen molar-refractivity contribution in [2.24, 2.45) is 0 Å². The number of allylic oxidation sites excluding steroid dienone is 18. The van der Waals surface area contributed by atoms with E-state index in [1.807, 2.05) is 6.08 Å². The van der Waals surface area contributed by atoms with Crippen LogP contribution in [0.1, 0.15) is 316 Å². The Hall–Kier alpha value is -3.93. The van der Waals surface area contributed by atoms with Gasteiger partial charge >= 0.3 is 17.9 Å². The fourth-order valence-electron chi connectivity index (χ4n) is 9.33. The largest absolute Gasteiger partial charge is 0.462 e. The molecule has 0 aromatic rings. The van der Waals surface area contributed by atoms with Crippen molar-refractivity contribution >= 4 is 17.9 Å². The van der Waals surface area contributed by atoms with Crippen LogP contribution >= 0.6 is 0 Å². The molecule has 0 rings (SSSR count). The summed E-state index contributed by atoms with van der Waals surface area (Å²) in [7, 11) is 0. The first-order valence-corrected chi connectivity index (χ1v) is 33.4. The second-order valence-electron chi connectivity index (χ2n) is 22.0. The molecule has 1 atom stereocenters. The highest BCUT2D eigenvalue weighted by Gasteiger charge is 2.19. The van der Waals surface area contributed by atoms with Crippen molar-refractivity contribution < 1.29 is 28.6 Å². The predicted molar refractivity (Wildman–Crippen MR) is 343 cm³/mol. The highest BCUT2D eigenvalue weighted by molar-refractivity contribution is 5.71. The molecular weight excluding hydrogens is 973 g/mol. The molecule has 79 heavy (non-hydrogen) atoms. The zero-order valence-corrected chi connectivity index (χ0v) is 51.9. The van der Waals surface area contributed by atoms with E-state index in [1.165, 1.54) is 173 Å². The van der Waals surface area contributed by atoms with Gasteiger partial charge in [0.2, 0.25) is 0 Å². The van der Waals surface area contributed by atoms with Crippen molar-refractivity contribution in [3.05, 3.63) is 109 Å². The Kier molecular flexibility index (Phi) is 63.3. The van der Waals surface area contributed by atoms with E-state index in [0.717, 1.165) is 96.3 Å². The van der Waals surface area contributed by atoms with Crippen LogP contribution in [0.4, 0.5) is 0 Å². The average Bonchev–Trinajstić information content (AvgIpc) is 3.45. The van der Waals surface area contributed by atoms with Crippen molar-refractivity contribution in [3.8, 4) is 0 Å². The maximum Gasteiger partial charge on any atom is 0.306 e. The number of esters is 3. The molecule has 0 N–H and O–H groups in total. The van der Waals surface area contributed by atoms with E-state index < -0.39 is 6.10 Å². The highest BCUT2D eigenvalue weighted by atomic mass is 16.6. The summed E-state index contributed by atoms with van der Waals surface area (Å²) < 4.78 is 16.8. The lowest BCUT2D eigenvalue weighted by Gasteiger charge is -2.18. The van der Waals surface area contributed by atoms with Crippen molar-refractivity contribution in [1.82, 2.24) is 0 Å². The monoisotopic (exact) mass is 1100 g/mol. The minimum absolute atomic E-state index is 0.103. The van der Waals surface area contributed by atoms with Gasteiger partial charge in [0.25, 0.3) is 0 Å². The van der Waals surface area contributed by atoms with Crippen LogP contribution in [0.5, 0.6) is 0 Å². The van der Waals surface area contributed by atoms with E-state index in [2.05, 4.69) is 124 Å². The van der Waals surface area contributed by atoms with Crippen LogP contribution in [-0.4, -0.2) is 37.2 Å². The molecule has 0 aromatic carbocycles. The second kappa shape index (κ2) is 66.6. The van der Waals surface area contributed by atoms with Gasteiger partial charge < -0.3 is 14.2 Å².